The molecule has 0 heterocycles. The molecular formula is C19H21BrFNO2. The molecular weight excluding hydrogens is 373 g/mol. The van der Waals surface area contributed by atoms with Gasteiger partial charge in [-0.15, -0.1) is 0 Å². The van der Waals surface area contributed by atoms with E-state index in [1.54, 1.807) is 12.1 Å². The monoisotopic (exact) mass is 393 g/mol. The smallest absolute Gasteiger partial charge is 0.258 e. The van der Waals surface area contributed by atoms with E-state index in [1.807, 2.05) is 25.1 Å². The molecule has 24 heavy (non-hydrogen) atoms. The fraction of sp³-hybridized carbons (Fsp3) is 0.316. The van der Waals surface area contributed by atoms with Crippen molar-refractivity contribution in [1.82, 2.24) is 5.32 Å². The molecule has 1 atom stereocenters. The van der Waals surface area contributed by atoms with Crippen LogP contribution in [0, 0.1) is 5.82 Å². The summed E-state index contributed by atoms with van der Waals surface area (Å²) in [5, 5.41) is 2.83. The van der Waals surface area contributed by atoms with Crippen molar-refractivity contribution < 1.29 is 13.9 Å². The second-order valence-corrected chi connectivity index (χ2v) is 6.83. The molecule has 0 bridgehead atoms. The van der Waals surface area contributed by atoms with E-state index < -0.39 is 0 Å². The maximum atomic E-state index is 12.9. The van der Waals surface area contributed by atoms with Crippen molar-refractivity contribution in [3.63, 3.8) is 0 Å². The quantitative estimate of drug-likeness (QED) is 0.752. The van der Waals surface area contributed by atoms with Gasteiger partial charge in [-0.25, -0.2) is 4.39 Å². The maximum absolute atomic E-state index is 12.9. The van der Waals surface area contributed by atoms with Gasteiger partial charge in [0.2, 0.25) is 0 Å². The van der Waals surface area contributed by atoms with Crippen LogP contribution >= 0.6 is 15.9 Å². The average Bonchev–Trinajstić information content (AvgIpc) is 2.54. The summed E-state index contributed by atoms with van der Waals surface area (Å²) < 4.78 is 19.3. The number of carbonyl (C=O) groups excluding carboxylic acids is 1. The largest absolute Gasteiger partial charge is 0.483 e. The summed E-state index contributed by atoms with van der Waals surface area (Å²) >= 11 is 3.47. The molecule has 0 saturated carbocycles. The summed E-state index contributed by atoms with van der Waals surface area (Å²) in [5.74, 6) is 0.529. The van der Waals surface area contributed by atoms with E-state index in [0.29, 0.717) is 11.7 Å². The van der Waals surface area contributed by atoms with Gasteiger partial charge in [0, 0.05) is 0 Å². The van der Waals surface area contributed by atoms with Crippen molar-refractivity contribution in [3.8, 4) is 5.75 Å². The Morgan fingerprint density at radius 2 is 1.75 bits per heavy atom. The van der Waals surface area contributed by atoms with Gasteiger partial charge in [-0.2, -0.15) is 0 Å². The lowest BCUT2D eigenvalue weighted by Crippen LogP contribution is -2.31. The minimum absolute atomic E-state index is 0.0782. The molecule has 0 radical (unpaired) electrons. The highest BCUT2D eigenvalue weighted by molar-refractivity contribution is 9.10. The highest BCUT2D eigenvalue weighted by Crippen LogP contribution is 2.28. The van der Waals surface area contributed by atoms with Crippen molar-refractivity contribution in [2.24, 2.45) is 0 Å². The van der Waals surface area contributed by atoms with Gasteiger partial charge >= 0.3 is 0 Å². The fourth-order valence-electron chi connectivity index (χ4n) is 2.25. The van der Waals surface area contributed by atoms with Gasteiger partial charge in [0.05, 0.1) is 10.5 Å². The predicted molar refractivity (Wildman–Crippen MR) is 96.7 cm³/mol. The minimum atomic E-state index is -0.296. The lowest BCUT2D eigenvalue weighted by molar-refractivity contribution is -0.123. The molecule has 2 aromatic rings. The Hall–Kier alpha value is -1.88. The van der Waals surface area contributed by atoms with E-state index in [-0.39, 0.29) is 24.4 Å². The van der Waals surface area contributed by atoms with Crippen LogP contribution in [-0.4, -0.2) is 12.5 Å². The number of ether oxygens (including phenoxy) is 1. The normalized spacial score (nSPS) is 12.1. The van der Waals surface area contributed by atoms with Crippen LogP contribution in [0.15, 0.2) is 46.9 Å². The Bertz CT molecular complexity index is 701. The van der Waals surface area contributed by atoms with E-state index in [9.17, 15) is 9.18 Å². The van der Waals surface area contributed by atoms with Crippen LogP contribution < -0.4 is 10.1 Å². The van der Waals surface area contributed by atoms with Crippen LogP contribution in [0.1, 0.15) is 43.9 Å². The minimum Gasteiger partial charge on any atom is -0.483 e. The van der Waals surface area contributed by atoms with E-state index in [2.05, 4.69) is 35.1 Å². The van der Waals surface area contributed by atoms with Crippen molar-refractivity contribution in [1.29, 1.82) is 0 Å². The fourth-order valence-corrected chi connectivity index (χ4v) is 2.77. The number of benzene rings is 2. The number of rotatable bonds is 6. The molecule has 0 saturated heterocycles. The highest BCUT2D eigenvalue weighted by atomic mass is 79.9. The first-order valence-corrected chi connectivity index (χ1v) is 8.63. The van der Waals surface area contributed by atoms with Crippen molar-refractivity contribution in [3.05, 3.63) is 63.9 Å². The zero-order chi connectivity index (χ0) is 17.7. The number of nitrogens with one attached hydrogen (secondary N) is 1. The van der Waals surface area contributed by atoms with Gasteiger partial charge in [0.1, 0.15) is 11.6 Å². The van der Waals surface area contributed by atoms with Crippen LogP contribution in [0.2, 0.25) is 0 Å². The van der Waals surface area contributed by atoms with E-state index in [4.69, 9.17) is 4.74 Å². The molecule has 3 nitrogen and oxygen atoms in total. The SMILES string of the molecule is CC(C)c1ccc(OCC(=O)NC(C)c2ccc(F)cc2)c(Br)c1. The van der Waals surface area contributed by atoms with Gasteiger partial charge in [0.25, 0.3) is 5.91 Å². The van der Waals surface area contributed by atoms with Gasteiger partial charge in [-0.3, -0.25) is 4.79 Å². The Kier molecular flexibility index (Phi) is 6.37. The Balaban J connectivity index is 1.90. The van der Waals surface area contributed by atoms with E-state index in [0.717, 1.165) is 10.0 Å². The first-order chi connectivity index (χ1) is 11.4. The summed E-state index contributed by atoms with van der Waals surface area (Å²) in [7, 11) is 0. The molecule has 2 rings (SSSR count). The van der Waals surface area contributed by atoms with E-state index >= 15 is 0 Å². The molecule has 2 aromatic carbocycles. The third-order valence-electron chi connectivity index (χ3n) is 3.73. The van der Waals surface area contributed by atoms with Crippen molar-refractivity contribution >= 4 is 21.8 Å². The van der Waals surface area contributed by atoms with Crippen LogP contribution in [0.4, 0.5) is 4.39 Å². The summed E-state index contributed by atoms with van der Waals surface area (Å²) in [6, 6.07) is 11.7. The van der Waals surface area contributed by atoms with Gasteiger partial charge in [-0.05, 0) is 64.2 Å². The van der Waals surface area contributed by atoms with Crippen LogP contribution in [-0.2, 0) is 4.79 Å². The predicted octanol–water partition coefficient (Wildman–Crippen LogP) is 4.97. The Morgan fingerprint density at radius 3 is 2.33 bits per heavy atom. The van der Waals surface area contributed by atoms with Crippen LogP contribution in [0.3, 0.4) is 0 Å². The zero-order valence-corrected chi connectivity index (χ0v) is 15.6. The average molecular weight is 394 g/mol. The first kappa shape index (κ1) is 18.5. The molecule has 1 amide bonds. The molecule has 128 valence electrons. The molecule has 0 aliphatic carbocycles. The van der Waals surface area contributed by atoms with Crippen molar-refractivity contribution in [2.75, 3.05) is 6.61 Å². The third kappa shape index (κ3) is 5.06. The summed E-state index contributed by atoms with van der Waals surface area (Å²) in [5.41, 5.74) is 2.04. The van der Waals surface area contributed by atoms with Crippen molar-refractivity contribution in [2.45, 2.75) is 32.7 Å². The third-order valence-corrected chi connectivity index (χ3v) is 4.35. The number of amides is 1. The maximum Gasteiger partial charge on any atom is 0.258 e. The summed E-state index contributed by atoms with van der Waals surface area (Å²) in [4.78, 5) is 12.0. The Morgan fingerprint density at radius 1 is 1.12 bits per heavy atom. The standard InChI is InChI=1S/C19H21BrFNO2/c1-12(2)15-6-9-18(17(20)10-15)24-11-19(23)22-13(3)14-4-7-16(21)8-5-14/h4-10,12-13H,11H2,1-3H3,(H,22,23). The number of halogens is 2. The lowest BCUT2D eigenvalue weighted by Gasteiger charge is -2.15. The first-order valence-electron chi connectivity index (χ1n) is 7.84. The molecule has 0 aromatic heterocycles. The second kappa shape index (κ2) is 8.29. The van der Waals surface area contributed by atoms with Gasteiger partial charge in [0.15, 0.2) is 6.61 Å². The molecule has 0 fully saturated rings. The van der Waals surface area contributed by atoms with E-state index in [1.165, 1.54) is 17.7 Å². The van der Waals surface area contributed by atoms with Gasteiger partial charge < -0.3 is 10.1 Å². The highest BCUT2D eigenvalue weighted by Gasteiger charge is 2.12. The number of hydrogen-bond donors (Lipinski definition) is 1. The topological polar surface area (TPSA) is 38.3 Å². The zero-order valence-electron chi connectivity index (χ0n) is 14.0. The number of carbonyl (C=O) groups is 1. The number of hydrogen-bond acceptors (Lipinski definition) is 2. The molecule has 0 aliphatic heterocycles. The Labute approximate surface area is 150 Å². The second-order valence-electron chi connectivity index (χ2n) is 5.97. The van der Waals surface area contributed by atoms with Gasteiger partial charge in [-0.1, -0.05) is 32.0 Å². The summed E-state index contributed by atoms with van der Waals surface area (Å²) in [6.45, 7) is 6.00. The summed E-state index contributed by atoms with van der Waals surface area (Å²) in [6.07, 6.45) is 0. The molecule has 0 spiro atoms. The van der Waals surface area contributed by atoms with Crippen LogP contribution in [0.25, 0.3) is 0 Å². The molecule has 1 unspecified atom stereocenters. The van der Waals surface area contributed by atoms with Crippen LogP contribution in [0.5, 0.6) is 5.75 Å². The molecule has 5 heteroatoms. The molecule has 1 N–H and O–H groups in total. The molecule has 0 aliphatic rings. The lowest BCUT2D eigenvalue weighted by atomic mass is 10.0.